The summed E-state index contributed by atoms with van der Waals surface area (Å²) >= 11 is 0. The summed E-state index contributed by atoms with van der Waals surface area (Å²) < 4.78 is 5.84. The third-order valence-electron chi connectivity index (χ3n) is 4.08. The molecule has 0 fully saturated rings. The number of benzene rings is 2. The molecule has 0 radical (unpaired) electrons. The Morgan fingerprint density at radius 3 is 2.77 bits per heavy atom. The number of nitrogens with zero attached hydrogens (tertiary/aromatic N) is 5. The van der Waals surface area contributed by atoms with E-state index in [1.54, 1.807) is 0 Å². The highest BCUT2D eigenvalue weighted by molar-refractivity contribution is 5.95. The molecule has 0 amide bonds. The van der Waals surface area contributed by atoms with Crippen molar-refractivity contribution in [3.8, 4) is 28.4 Å². The lowest BCUT2D eigenvalue weighted by molar-refractivity contribution is 0.261. The van der Waals surface area contributed by atoms with Crippen LogP contribution in [0.4, 0.5) is 0 Å². The second-order valence-corrected chi connectivity index (χ2v) is 6.25. The summed E-state index contributed by atoms with van der Waals surface area (Å²) in [4.78, 5) is 2.09. The first-order valence-electron chi connectivity index (χ1n) is 8.30. The first kappa shape index (κ1) is 16.2. The van der Waals surface area contributed by atoms with Crippen molar-refractivity contribution in [1.29, 1.82) is 0 Å². The molecule has 0 unspecified atom stereocenters. The van der Waals surface area contributed by atoms with Crippen molar-refractivity contribution >= 4 is 10.9 Å². The van der Waals surface area contributed by atoms with E-state index in [9.17, 15) is 0 Å². The molecule has 0 aliphatic heterocycles. The zero-order valence-corrected chi connectivity index (χ0v) is 14.6. The van der Waals surface area contributed by atoms with Crippen molar-refractivity contribution in [2.75, 3.05) is 27.2 Å². The van der Waals surface area contributed by atoms with Crippen LogP contribution in [0.3, 0.4) is 0 Å². The van der Waals surface area contributed by atoms with Crippen LogP contribution in [0, 0.1) is 0 Å². The molecular weight excluding hydrogens is 330 g/mol. The summed E-state index contributed by atoms with van der Waals surface area (Å²) in [7, 11) is 4.05. The van der Waals surface area contributed by atoms with Gasteiger partial charge < -0.3 is 9.64 Å². The van der Waals surface area contributed by atoms with Gasteiger partial charge in [0, 0.05) is 23.1 Å². The van der Waals surface area contributed by atoms with E-state index in [0.29, 0.717) is 12.4 Å². The summed E-state index contributed by atoms with van der Waals surface area (Å²) in [6.45, 7) is 1.50. The number of rotatable bonds is 6. The Morgan fingerprint density at radius 2 is 1.96 bits per heavy atom. The minimum atomic E-state index is 0.555. The second kappa shape index (κ2) is 6.93. The zero-order chi connectivity index (χ0) is 17.9. The van der Waals surface area contributed by atoms with E-state index in [4.69, 9.17) is 4.74 Å². The molecule has 4 rings (SSSR count). The average molecular weight is 349 g/mol. The maximum Gasteiger partial charge on any atom is 0.204 e. The predicted molar refractivity (Wildman–Crippen MR) is 98.8 cm³/mol. The minimum absolute atomic E-state index is 0.555. The number of ether oxygens (including phenoxy) is 1. The Hall–Kier alpha value is -3.26. The molecule has 132 valence electrons. The van der Waals surface area contributed by atoms with E-state index >= 15 is 0 Å². The Kier molecular flexibility index (Phi) is 4.32. The van der Waals surface area contributed by atoms with Gasteiger partial charge in [-0.1, -0.05) is 12.1 Å². The molecule has 0 saturated carbocycles. The Bertz CT molecular complexity index is 1010. The first-order chi connectivity index (χ1) is 12.7. The van der Waals surface area contributed by atoms with Crippen LogP contribution in [0.5, 0.6) is 5.75 Å². The summed E-state index contributed by atoms with van der Waals surface area (Å²) in [5.41, 5.74) is 3.69. The van der Waals surface area contributed by atoms with Crippen LogP contribution in [0.1, 0.15) is 0 Å². The lowest BCUT2D eigenvalue weighted by Gasteiger charge is -2.11. The van der Waals surface area contributed by atoms with E-state index in [1.165, 1.54) is 0 Å². The molecule has 2 aromatic carbocycles. The Labute approximate surface area is 150 Å². The summed E-state index contributed by atoms with van der Waals surface area (Å²) in [6.07, 6.45) is 0. The van der Waals surface area contributed by atoms with Gasteiger partial charge >= 0.3 is 0 Å². The third kappa shape index (κ3) is 3.27. The molecule has 0 bridgehead atoms. The smallest absolute Gasteiger partial charge is 0.204 e. The van der Waals surface area contributed by atoms with Crippen molar-refractivity contribution in [2.24, 2.45) is 0 Å². The molecule has 2 aromatic heterocycles. The highest BCUT2D eigenvalue weighted by Gasteiger charge is 2.12. The highest BCUT2D eigenvalue weighted by Crippen LogP contribution is 2.31. The number of H-pyrrole nitrogens is 2. The standard InChI is InChI=1S/C18H19N7O/c1-25(2)8-9-26-14-5-3-4-12(10-14)17-15-11-13(18-21-23-24-22-18)6-7-16(15)19-20-17/h3-7,10-11H,8-9H2,1-2H3,(H,19,20)(H,21,22,23,24). The monoisotopic (exact) mass is 349 g/mol. The number of hydrogen-bond acceptors (Lipinski definition) is 6. The van der Waals surface area contributed by atoms with E-state index < -0.39 is 0 Å². The van der Waals surface area contributed by atoms with Crippen molar-refractivity contribution in [3.05, 3.63) is 42.5 Å². The molecule has 0 aliphatic carbocycles. The maximum absolute atomic E-state index is 5.84. The Morgan fingerprint density at radius 1 is 1.04 bits per heavy atom. The molecule has 8 heteroatoms. The number of aromatic nitrogens is 6. The van der Waals surface area contributed by atoms with Crippen LogP contribution >= 0.6 is 0 Å². The van der Waals surface area contributed by atoms with Crippen molar-refractivity contribution in [1.82, 2.24) is 35.7 Å². The minimum Gasteiger partial charge on any atom is -0.492 e. The van der Waals surface area contributed by atoms with Gasteiger partial charge in [-0.05, 0) is 49.6 Å². The third-order valence-corrected chi connectivity index (χ3v) is 4.08. The van der Waals surface area contributed by atoms with Crippen LogP contribution in [0.15, 0.2) is 42.5 Å². The predicted octanol–water partition coefficient (Wildman–Crippen LogP) is 2.35. The van der Waals surface area contributed by atoms with Crippen molar-refractivity contribution in [3.63, 3.8) is 0 Å². The number of fused-ring (bicyclic) bond motifs is 1. The number of tetrazole rings is 1. The van der Waals surface area contributed by atoms with Gasteiger partial charge in [0.1, 0.15) is 18.1 Å². The first-order valence-corrected chi connectivity index (χ1v) is 8.30. The van der Waals surface area contributed by atoms with E-state index in [-0.39, 0.29) is 0 Å². The van der Waals surface area contributed by atoms with Gasteiger partial charge in [-0.2, -0.15) is 10.3 Å². The molecule has 0 saturated heterocycles. The van der Waals surface area contributed by atoms with Crippen LogP contribution in [0.2, 0.25) is 0 Å². The quantitative estimate of drug-likeness (QED) is 0.555. The van der Waals surface area contributed by atoms with Crippen molar-refractivity contribution in [2.45, 2.75) is 0 Å². The average Bonchev–Trinajstić information content (AvgIpc) is 3.31. The van der Waals surface area contributed by atoms with Gasteiger partial charge in [-0.3, -0.25) is 5.10 Å². The normalized spacial score (nSPS) is 11.3. The van der Waals surface area contributed by atoms with Gasteiger partial charge in [-0.15, -0.1) is 10.2 Å². The van der Waals surface area contributed by atoms with Gasteiger partial charge in [0.15, 0.2) is 0 Å². The lowest BCUT2D eigenvalue weighted by Crippen LogP contribution is -2.19. The molecule has 2 heterocycles. The molecule has 26 heavy (non-hydrogen) atoms. The number of hydrogen-bond donors (Lipinski definition) is 2. The topological polar surface area (TPSA) is 95.6 Å². The van der Waals surface area contributed by atoms with Gasteiger partial charge in [0.25, 0.3) is 0 Å². The van der Waals surface area contributed by atoms with E-state index in [0.717, 1.165) is 40.0 Å². The fraction of sp³-hybridized carbons (Fsp3) is 0.222. The van der Waals surface area contributed by atoms with Gasteiger partial charge in [-0.25, -0.2) is 0 Å². The highest BCUT2D eigenvalue weighted by atomic mass is 16.5. The van der Waals surface area contributed by atoms with Crippen LogP contribution < -0.4 is 4.74 Å². The maximum atomic E-state index is 5.84. The molecule has 8 nitrogen and oxygen atoms in total. The van der Waals surface area contributed by atoms with Crippen LogP contribution in [0.25, 0.3) is 33.5 Å². The van der Waals surface area contributed by atoms with Crippen molar-refractivity contribution < 1.29 is 4.74 Å². The van der Waals surface area contributed by atoms with Gasteiger partial charge in [0.05, 0.1) is 5.52 Å². The number of likely N-dealkylation sites (N-methyl/N-ethyl adjacent to an activating group) is 1. The molecule has 0 aliphatic rings. The van der Waals surface area contributed by atoms with Crippen LogP contribution in [-0.4, -0.2) is 63.0 Å². The Balaban J connectivity index is 1.67. The lowest BCUT2D eigenvalue weighted by atomic mass is 10.1. The second-order valence-electron chi connectivity index (χ2n) is 6.25. The molecular formula is C18H19N7O. The summed E-state index contributed by atoms with van der Waals surface area (Å²) in [5, 5.41) is 22.7. The SMILES string of the molecule is CN(C)CCOc1cccc(-c2n[nH]c3ccc(-c4nn[nH]n4)cc23)c1. The molecule has 4 aromatic rings. The number of aromatic amines is 2. The fourth-order valence-corrected chi connectivity index (χ4v) is 2.74. The number of nitrogens with one attached hydrogen (secondary N) is 2. The van der Waals surface area contributed by atoms with E-state index in [1.807, 2.05) is 56.6 Å². The van der Waals surface area contributed by atoms with Gasteiger partial charge in [0.2, 0.25) is 5.82 Å². The van der Waals surface area contributed by atoms with Crippen LogP contribution in [-0.2, 0) is 0 Å². The fourth-order valence-electron chi connectivity index (χ4n) is 2.74. The largest absolute Gasteiger partial charge is 0.492 e. The summed E-state index contributed by atoms with van der Waals surface area (Å²) in [5.74, 6) is 1.38. The molecule has 0 spiro atoms. The zero-order valence-electron chi connectivity index (χ0n) is 14.6. The molecule has 2 N–H and O–H groups in total. The molecule has 0 atom stereocenters. The van der Waals surface area contributed by atoms with E-state index in [2.05, 4.69) is 35.7 Å². The summed E-state index contributed by atoms with van der Waals surface area (Å²) in [6, 6.07) is 13.9.